The van der Waals surface area contributed by atoms with E-state index in [2.05, 4.69) is 29.4 Å². The Kier molecular flexibility index (Phi) is 6.66. The van der Waals surface area contributed by atoms with Crippen LogP contribution in [0.4, 0.5) is 9.52 Å². The predicted molar refractivity (Wildman–Crippen MR) is 92.1 cm³/mol. The molecule has 0 spiro atoms. The molecule has 0 radical (unpaired) electrons. The van der Waals surface area contributed by atoms with Crippen LogP contribution in [-0.4, -0.2) is 27.1 Å². The number of nitrogens with one attached hydrogen (secondary N) is 1. The number of anilines is 1. The molecule has 0 fully saturated rings. The molecule has 0 aliphatic heterocycles. The minimum Gasteiger partial charge on any atom is -0.300 e. The third kappa shape index (κ3) is 5.94. The number of hydrogen-bond acceptors (Lipinski definition) is 6. The lowest BCUT2D eigenvalue weighted by Crippen LogP contribution is -2.13. The van der Waals surface area contributed by atoms with Crippen molar-refractivity contribution in [1.82, 2.24) is 10.2 Å². The number of benzene rings is 1. The van der Waals surface area contributed by atoms with Crippen LogP contribution in [0.25, 0.3) is 0 Å². The molecule has 2 rings (SSSR count). The van der Waals surface area contributed by atoms with E-state index in [0.717, 1.165) is 9.90 Å². The number of aromatic nitrogens is 2. The van der Waals surface area contributed by atoms with Gasteiger partial charge in [-0.2, -0.15) is 0 Å². The van der Waals surface area contributed by atoms with Gasteiger partial charge < -0.3 is 0 Å². The number of carbonyl (C=O) groups is 1. The fraction of sp³-hybridized carbons (Fsp3) is 0.357. The summed E-state index contributed by atoms with van der Waals surface area (Å²) in [7, 11) is 0. The second-order valence-electron chi connectivity index (χ2n) is 4.71. The fourth-order valence-corrected chi connectivity index (χ4v) is 4.29. The number of rotatable bonds is 7. The Morgan fingerprint density at radius 1 is 1.32 bits per heavy atom. The van der Waals surface area contributed by atoms with Gasteiger partial charge in [-0.05, 0) is 17.7 Å². The maximum Gasteiger partial charge on any atom is 0.236 e. The quantitative estimate of drug-likeness (QED) is 0.598. The standard InChI is InChI=1S/C14H16FN3OS3/c1-9(2)21-14-18-17-13(22-14)16-12(19)8-20-7-10-3-5-11(15)6-4-10/h3-6,9H,7-8H2,1-2H3,(H,16,17,19). The van der Waals surface area contributed by atoms with Gasteiger partial charge in [0.2, 0.25) is 11.0 Å². The van der Waals surface area contributed by atoms with Gasteiger partial charge in [-0.1, -0.05) is 49.1 Å². The van der Waals surface area contributed by atoms with Crippen LogP contribution < -0.4 is 5.32 Å². The van der Waals surface area contributed by atoms with Gasteiger partial charge in [0.05, 0.1) is 5.75 Å². The number of amides is 1. The maximum absolute atomic E-state index is 12.8. The van der Waals surface area contributed by atoms with Gasteiger partial charge in [0.15, 0.2) is 4.34 Å². The van der Waals surface area contributed by atoms with Gasteiger partial charge >= 0.3 is 0 Å². The normalized spacial score (nSPS) is 10.9. The fourth-order valence-electron chi connectivity index (χ4n) is 1.51. The highest BCUT2D eigenvalue weighted by molar-refractivity contribution is 8.01. The largest absolute Gasteiger partial charge is 0.300 e. The second kappa shape index (κ2) is 8.50. The summed E-state index contributed by atoms with van der Waals surface area (Å²) in [5, 5.41) is 11.7. The molecule has 0 aliphatic rings. The van der Waals surface area contributed by atoms with E-state index in [4.69, 9.17) is 0 Å². The molecular formula is C14H16FN3OS3. The third-order valence-electron chi connectivity index (χ3n) is 2.40. The van der Waals surface area contributed by atoms with Crippen LogP contribution in [0.3, 0.4) is 0 Å². The number of thioether (sulfide) groups is 2. The smallest absolute Gasteiger partial charge is 0.236 e. The Bertz CT molecular complexity index is 616. The zero-order chi connectivity index (χ0) is 15.9. The Labute approximate surface area is 141 Å². The van der Waals surface area contributed by atoms with Crippen molar-refractivity contribution in [3.8, 4) is 0 Å². The summed E-state index contributed by atoms with van der Waals surface area (Å²) in [5.41, 5.74) is 0.991. The van der Waals surface area contributed by atoms with Crippen molar-refractivity contribution in [1.29, 1.82) is 0 Å². The zero-order valence-electron chi connectivity index (χ0n) is 12.2. The molecule has 0 saturated carbocycles. The summed E-state index contributed by atoms with van der Waals surface area (Å²) in [6.45, 7) is 4.16. The molecule has 1 amide bonds. The average molecular weight is 358 g/mol. The summed E-state index contributed by atoms with van der Waals surface area (Å²) in [5.74, 6) is 0.629. The number of hydrogen-bond donors (Lipinski definition) is 1. The molecule has 22 heavy (non-hydrogen) atoms. The van der Waals surface area contributed by atoms with Gasteiger partial charge in [-0.25, -0.2) is 4.39 Å². The Hall–Kier alpha value is -1.12. The van der Waals surface area contributed by atoms with E-state index in [1.54, 1.807) is 23.9 Å². The van der Waals surface area contributed by atoms with Crippen LogP contribution >= 0.6 is 34.9 Å². The van der Waals surface area contributed by atoms with Crippen molar-refractivity contribution >= 4 is 45.9 Å². The van der Waals surface area contributed by atoms with Gasteiger partial charge in [-0.3, -0.25) is 10.1 Å². The van der Waals surface area contributed by atoms with Crippen LogP contribution in [0.15, 0.2) is 28.6 Å². The maximum atomic E-state index is 12.8. The van der Waals surface area contributed by atoms with Gasteiger partial charge in [0, 0.05) is 11.0 Å². The SMILES string of the molecule is CC(C)Sc1nnc(NC(=O)CSCc2ccc(F)cc2)s1. The van der Waals surface area contributed by atoms with Crippen molar-refractivity contribution in [2.75, 3.05) is 11.1 Å². The van der Waals surface area contributed by atoms with Crippen molar-refractivity contribution < 1.29 is 9.18 Å². The first-order valence-electron chi connectivity index (χ1n) is 6.65. The lowest BCUT2D eigenvalue weighted by atomic mass is 10.2. The van der Waals surface area contributed by atoms with Crippen molar-refractivity contribution in [3.05, 3.63) is 35.6 Å². The third-order valence-corrected chi connectivity index (χ3v) is 5.33. The molecular weight excluding hydrogens is 341 g/mol. The van der Waals surface area contributed by atoms with Crippen LogP contribution in [0.2, 0.25) is 0 Å². The van der Waals surface area contributed by atoms with E-state index in [1.807, 2.05) is 0 Å². The zero-order valence-corrected chi connectivity index (χ0v) is 14.7. The predicted octanol–water partition coefficient (Wildman–Crippen LogP) is 4.05. The van der Waals surface area contributed by atoms with E-state index >= 15 is 0 Å². The van der Waals surface area contributed by atoms with E-state index in [-0.39, 0.29) is 11.7 Å². The summed E-state index contributed by atoms with van der Waals surface area (Å²) in [6, 6.07) is 6.29. The molecule has 1 N–H and O–H groups in total. The average Bonchev–Trinajstić information content (AvgIpc) is 2.87. The molecule has 1 heterocycles. The first-order valence-corrected chi connectivity index (χ1v) is 9.50. The molecule has 0 bridgehead atoms. The number of nitrogens with zero attached hydrogens (tertiary/aromatic N) is 2. The van der Waals surface area contributed by atoms with Gasteiger partial charge in [0.25, 0.3) is 0 Å². The monoisotopic (exact) mass is 357 g/mol. The first-order chi connectivity index (χ1) is 10.5. The van der Waals surface area contributed by atoms with Crippen LogP contribution in [0.1, 0.15) is 19.4 Å². The topological polar surface area (TPSA) is 54.9 Å². The number of halogens is 1. The summed E-state index contributed by atoms with van der Waals surface area (Å²) >= 11 is 4.47. The summed E-state index contributed by atoms with van der Waals surface area (Å²) in [6.07, 6.45) is 0. The lowest BCUT2D eigenvalue weighted by Gasteiger charge is -2.02. The molecule has 8 heteroatoms. The minimum absolute atomic E-state index is 0.107. The Morgan fingerprint density at radius 3 is 2.73 bits per heavy atom. The molecule has 4 nitrogen and oxygen atoms in total. The Morgan fingerprint density at radius 2 is 2.05 bits per heavy atom. The molecule has 118 valence electrons. The second-order valence-corrected chi connectivity index (χ2v) is 8.49. The van der Waals surface area contributed by atoms with Crippen LogP contribution in [0, 0.1) is 5.82 Å². The first kappa shape index (κ1) is 17.2. The van der Waals surface area contributed by atoms with E-state index < -0.39 is 0 Å². The minimum atomic E-state index is -0.252. The summed E-state index contributed by atoms with van der Waals surface area (Å²) < 4.78 is 13.6. The van der Waals surface area contributed by atoms with E-state index in [9.17, 15) is 9.18 Å². The molecule has 1 aromatic heterocycles. The molecule has 1 aromatic carbocycles. The molecule has 2 aromatic rings. The highest BCUT2D eigenvalue weighted by atomic mass is 32.2. The van der Waals surface area contributed by atoms with Crippen molar-refractivity contribution in [3.63, 3.8) is 0 Å². The van der Waals surface area contributed by atoms with E-state index in [0.29, 0.717) is 21.9 Å². The molecule has 0 aliphatic carbocycles. The number of carbonyl (C=O) groups excluding carboxylic acids is 1. The molecule has 0 atom stereocenters. The lowest BCUT2D eigenvalue weighted by molar-refractivity contribution is -0.113. The highest BCUT2D eigenvalue weighted by Crippen LogP contribution is 2.28. The Balaban J connectivity index is 1.73. The molecule has 0 unspecified atom stereocenters. The summed E-state index contributed by atoms with van der Waals surface area (Å²) in [4.78, 5) is 11.8. The van der Waals surface area contributed by atoms with Gasteiger partial charge in [-0.15, -0.1) is 22.0 Å². The van der Waals surface area contributed by atoms with Crippen molar-refractivity contribution in [2.45, 2.75) is 29.2 Å². The molecule has 0 saturated heterocycles. The van der Waals surface area contributed by atoms with Crippen molar-refractivity contribution in [2.24, 2.45) is 0 Å². The van der Waals surface area contributed by atoms with Crippen LogP contribution in [-0.2, 0) is 10.5 Å². The van der Waals surface area contributed by atoms with Crippen LogP contribution in [0.5, 0.6) is 0 Å². The van der Waals surface area contributed by atoms with Gasteiger partial charge in [0.1, 0.15) is 5.82 Å². The highest BCUT2D eigenvalue weighted by Gasteiger charge is 2.10. The van der Waals surface area contributed by atoms with E-state index in [1.165, 1.54) is 35.2 Å².